The zero-order chi connectivity index (χ0) is 26.4. The standard InChI is InChI=1S/C18H36O2.C15H17P/c1-2-3-4-5-6-7-8-9-10-11-12-13-14-15-16-17-18(19)20;1-11-7-6-10-14(12(11)2)15(16)13-8-4-3-5-9-13/h2-17H2,1H3,(H,19,20);3-10,15H,16H2,1-2H3. The van der Waals surface area contributed by atoms with Crippen LogP contribution >= 0.6 is 9.24 Å². The number of carboxylic acid groups (broad SMARTS) is 1. The third-order valence-electron chi connectivity index (χ3n) is 7.13. The summed E-state index contributed by atoms with van der Waals surface area (Å²) < 4.78 is 0. The highest BCUT2D eigenvalue weighted by atomic mass is 31.0. The molecular formula is C33H53O2P. The van der Waals surface area contributed by atoms with Crippen molar-refractivity contribution < 1.29 is 9.90 Å². The SMILES string of the molecule is CCCCCCCCCCCCCCCCCC(=O)O.Cc1cccc(C(P)c2ccccc2)c1C. The van der Waals surface area contributed by atoms with Crippen LogP contribution in [0.5, 0.6) is 0 Å². The Morgan fingerprint density at radius 2 is 1.17 bits per heavy atom. The Morgan fingerprint density at radius 1 is 0.694 bits per heavy atom. The third kappa shape index (κ3) is 15.5. The van der Waals surface area contributed by atoms with E-state index in [1.807, 2.05) is 0 Å². The lowest BCUT2D eigenvalue weighted by atomic mass is 9.97. The van der Waals surface area contributed by atoms with E-state index in [2.05, 4.69) is 78.5 Å². The zero-order valence-electron chi connectivity index (χ0n) is 23.4. The Hall–Kier alpha value is -1.66. The Bertz CT molecular complexity index is 803. The first-order valence-corrected chi connectivity index (χ1v) is 15.2. The Balaban J connectivity index is 0.000000367. The van der Waals surface area contributed by atoms with E-state index < -0.39 is 5.97 Å². The van der Waals surface area contributed by atoms with Crippen molar-refractivity contribution in [2.45, 2.75) is 129 Å². The van der Waals surface area contributed by atoms with E-state index >= 15 is 0 Å². The van der Waals surface area contributed by atoms with E-state index in [9.17, 15) is 4.79 Å². The summed E-state index contributed by atoms with van der Waals surface area (Å²) in [5.41, 5.74) is 5.89. The zero-order valence-corrected chi connectivity index (χ0v) is 24.6. The Kier molecular flexibility index (Phi) is 19.3. The summed E-state index contributed by atoms with van der Waals surface area (Å²) in [4.78, 5) is 10.3. The molecule has 0 saturated carbocycles. The normalized spacial score (nSPS) is 11.6. The number of aliphatic carboxylic acids is 1. The quantitative estimate of drug-likeness (QED) is 0.159. The van der Waals surface area contributed by atoms with Gasteiger partial charge in [-0.3, -0.25) is 4.79 Å². The lowest BCUT2D eigenvalue weighted by Gasteiger charge is -2.16. The smallest absolute Gasteiger partial charge is 0.303 e. The number of benzene rings is 2. The molecule has 0 heterocycles. The van der Waals surface area contributed by atoms with Crippen LogP contribution in [-0.4, -0.2) is 11.1 Å². The van der Waals surface area contributed by atoms with Crippen LogP contribution in [0.15, 0.2) is 48.5 Å². The van der Waals surface area contributed by atoms with Gasteiger partial charge in [0, 0.05) is 12.1 Å². The van der Waals surface area contributed by atoms with Gasteiger partial charge in [0.2, 0.25) is 0 Å². The maximum Gasteiger partial charge on any atom is 0.303 e. The molecule has 0 aliphatic carbocycles. The van der Waals surface area contributed by atoms with Crippen LogP contribution in [-0.2, 0) is 4.79 Å². The average Bonchev–Trinajstić information content (AvgIpc) is 2.88. The van der Waals surface area contributed by atoms with Crippen molar-refractivity contribution in [3.05, 3.63) is 70.8 Å². The Labute approximate surface area is 224 Å². The second-order valence-corrected chi connectivity index (χ2v) is 10.9. The van der Waals surface area contributed by atoms with E-state index in [1.54, 1.807) is 0 Å². The highest BCUT2D eigenvalue weighted by molar-refractivity contribution is 7.17. The first-order chi connectivity index (χ1) is 17.5. The van der Waals surface area contributed by atoms with Gasteiger partial charge in [0.25, 0.3) is 0 Å². The van der Waals surface area contributed by atoms with Gasteiger partial charge in [0.15, 0.2) is 0 Å². The molecule has 0 aromatic heterocycles. The summed E-state index contributed by atoms with van der Waals surface area (Å²) in [7, 11) is 2.94. The van der Waals surface area contributed by atoms with Crippen LogP contribution in [0.2, 0.25) is 0 Å². The summed E-state index contributed by atoms with van der Waals surface area (Å²) in [5.74, 6) is -0.653. The van der Waals surface area contributed by atoms with Gasteiger partial charge in [-0.15, -0.1) is 9.24 Å². The molecule has 2 aromatic carbocycles. The fourth-order valence-corrected chi connectivity index (χ4v) is 5.18. The molecule has 3 heteroatoms. The van der Waals surface area contributed by atoms with Crippen LogP contribution in [0.1, 0.15) is 138 Å². The first-order valence-electron chi connectivity index (χ1n) is 14.6. The van der Waals surface area contributed by atoms with E-state index in [-0.39, 0.29) is 0 Å². The van der Waals surface area contributed by atoms with Gasteiger partial charge in [-0.25, -0.2) is 0 Å². The number of hydrogen-bond acceptors (Lipinski definition) is 1. The van der Waals surface area contributed by atoms with Gasteiger partial charge < -0.3 is 5.11 Å². The van der Waals surface area contributed by atoms with Crippen LogP contribution < -0.4 is 0 Å². The molecule has 1 N–H and O–H groups in total. The molecule has 202 valence electrons. The fourth-order valence-electron chi connectivity index (χ4n) is 4.60. The number of carboxylic acids is 1. The van der Waals surface area contributed by atoms with Crippen LogP contribution in [0.3, 0.4) is 0 Å². The largest absolute Gasteiger partial charge is 0.481 e. The van der Waals surface area contributed by atoms with Crippen LogP contribution in [0, 0.1) is 13.8 Å². The third-order valence-corrected chi connectivity index (χ3v) is 7.88. The van der Waals surface area contributed by atoms with Crippen molar-refractivity contribution >= 4 is 15.2 Å². The average molecular weight is 513 g/mol. The summed E-state index contributed by atoms with van der Waals surface area (Å²) in [6.45, 7) is 6.64. The molecule has 0 aliphatic heterocycles. The molecule has 0 aliphatic rings. The molecule has 2 unspecified atom stereocenters. The molecule has 0 saturated heterocycles. The highest BCUT2D eigenvalue weighted by Gasteiger charge is 2.11. The number of carbonyl (C=O) groups is 1. The molecular weight excluding hydrogens is 459 g/mol. The maximum absolute atomic E-state index is 10.3. The van der Waals surface area contributed by atoms with Gasteiger partial charge in [-0.2, -0.15) is 0 Å². The van der Waals surface area contributed by atoms with Gasteiger partial charge in [0.05, 0.1) is 0 Å². The Morgan fingerprint density at radius 3 is 1.64 bits per heavy atom. The summed E-state index contributed by atoms with van der Waals surface area (Å²) >= 11 is 0. The summed E-state index contributed by atoms with van der Waals surface area (Å²) in [6.07, 6.45) is 20.2. The monoisotopic (exact) mass is 512 g/mol. The minimum absolute atomic E-state index is 0.345. The lowest BCUT2D eigenvalue weighted by Crippen LogP contribution is -1.97. The minimum atomic E-state index is -0.653. The van der Waals surface area contributed by atoms with Crippen molar-refractivity contribution in [2.75, 3.05) is 0 Å². The van der Waals surface area contributed by atoms with Crippen molar-refractivity contribution in [2.24, 2.45) is 0 Å². The topological polar surface area (TPSA) is 37.3 Å². The van der Waals surface area contributed by atoms with E-state index in [4.69, 9.17) is 5.11 Å². The predicted molar refractivity (Wildman–Crippen MR) is 161 cm³/mol. The van der Waals surface area contributed by atoms with Crippen molar-refractivity contribution in [3.8, 4) is 0 Å². The predicted octanol–water partition coefficient (Wildman–Crippen LogP) is 10.6. The molecule has 36 heavy (non-hydrogen) atoms. The number of hydrogen-bond donors (Lipinski definition) is 1. The second-order valence-electron chi connectivity index (χ2n) is 10.3. The molecule has 0 bridgehead atoms. The molecule has 2 nitrogen and oxygen atoms in total. The summed E-state index contributed by atoms with van der Waals surface area (Å²) in [5, 5.41) is 8.52. The van der Waals surface area contributed by atoms with E-state index in [0.29, 0.717) is 12.1 Å². The van der Waals surface area contributed by atoms with E-state index in [1.165, 1.54) is 106 Å². The molecule has 0 radical (unpaired) electrons. The highest BCUT2D eigenvalue weighted by Crippen LogP contribution is 2.33. The van der Waals surface area contributed by atoms with Gasteiger partial charge in [-0.1, -0.05) is 145 Å². The molecule has 2 rings (SSSR count). The number of unbranched alkanes of at least 4 members (excludes halogenated alkanes) is 14. The second kappa shape index (κ2) is 21.4. The van der Waals surface area contributed by atoms with Crippen LogP contribution in [0.4, 0.5) is 0 Å². The van der Waals surface area contributed by atoms with Crippen LogP contribution in [0.25, 0.3) is 0 Å². The molecule has 2 atom stereocenters. The molecule has 0 spiro atoms. The van der Waals surface area contributed by atoms with Gasteiger partial charge in [-0.05, 0) is 42.5 Å². The number of rotatable bonds is 18. The van der Waals surface area contributed by atoms with Gasteiger partial charge in [0.1, 0.15) is 0 Å². The van der Waals surface area contributed by atoms with Crippen molar-refractivity contribution in [3.63, 3.8) is 0 Å². The van der Waals surface area contributed by atoms with E-state index in [0.717, 1.165) is 12.8 Å². The van der Waals surface area contributed by atoms with Crippen molar-refractivity contribution in [1.82, 2.24) is 0 Å². The maximum atomic E-state index is 10.3. The number of aryl methyl sites for hydroxylation is 1. The van der Waals surface area contributed by atoms with Gasteiger partial charge >= 0.3 is 5.97 Å². The fraction of sp³-hybridized carbons (Fsp3) is 0.606. The molecule has 0 fully saturated rings. The molecule has 2 aromatic rings. The first kappa shape index (κ1) is 32.4. The minimum Gasteiger partial charge on any atom is -0.481 e. The molecule has 0 amide bonds. The summed E-state index contributed by atoms with van der Waals surface area (Å²) in [6, 6.07) is 17.1. The lowest BCUT2D eigenvalue weighted by molar-refractivity contribution is -0.137. The van der Waals surface area contributed by atoms with Crippen molar-refractivity contribution in [1.29, 1.82) is 0 Å².